The Morgan fingerprint density at radius 3 is 2.43 bits per heavy atom. The second-order valence-electron chi connectivity index (χ2n) is 6.14. The summed E-state index contributed by atoms with van der Waals surface area (Å²) in [6.45, 7) is 9.67. The van der Waals surface area contributed by atoms with Gasteiger partial charge >= 0.3 is 6.03 Å². The van der Waals surface area contributed by atoms with E-state index in [0.29, 0.717) is 5.92 Å². The highest BCUT2D eigenvalue weighted by molar-refractivity contribution is 5.74. The fraction of sp³-hybridized carbons (Fsp3) is 0.588. The summed E-state index contributed by atoms with van der Waals surface area (Å²) >= 11 is 0. The van der Waals surface area contributed by atoms with Gasteiger partial charge in [-0.1, -0.05) is 44.2 Å². The number of rotatable bonds is 5. The molecule has 1 heterocycles. The molecule has 1 aromatic carbocycles. The van der Waals surface area contributed by atoms with Crippen molar-refractivity contribution in [2.45, 2.75) is 20.3 Å². The van der Waals surface area contributed by atoms with Crippen molar-refractivity contribution in [1.82, 2.24) is 15.1 Å². The van der Waals surface area contributed by atoms with Crippen molar-refractivity contribution in [1.29, 1.82) is 0 Å². The second-order valence-corrected chi connectivity index (χ2v) is 6.14. The van der Waals surface area contributed by atoms with Crippen LogP contribution in [0.15, 0.2) is 30.3 Å². The van der Waals surface area contributed by atoms with E-state index in [-0.39, 0.29) is 6.03 Å². The predicted molar refractivity (Wildman–Crippen MR) is 86.4 cm³/mol. The molecule has 4 nitrogen and oxygen atoms in total. The molecule has 0 saturated carbocycles. The molecule has 0 unspecified atom stereocenters. The van der Waals surface area contributed by atoms with Gasteiger partial charge in [0.05, 0.1) is 0 Å². The van der Waals surface area contributed by atoms with Crippen LogP contribution in [0, 0.1) is 5.92 Å². The Bertz CT molecular complexity index is 425. The van der Waals surface area contributed by atoms with Crippen LogP contribution in [0.25, 0.3) is 0 Å². The Morgan fingerprint density at radius 2 is 1.81 bits per heavy atom. The van der Waals surface area contributed by atoms with E-state index in [1.165, 1.54) is 5.56 Å². The standard InChI is InChI=1S/C17H27N3O/c1-15(2)14-18-17(21)20-12-10-19(11-13-20)9-8-16-6-4-3-5-7-16/h3-7,15H,8-14H2,1-2H3,(H,18,21). The van der Waals surface area contributed by atoms with Crippen LogP contribution in [0.3, 0.4) is 0 Å². The maximum absolute atomic E-state index is 12.0. The zero-order chi connectivity index (χ0) is 15.1. The summed E-state index contributed by atoms with van der Waals surface area (Å²) in [5, 5.41) is 2.99. The lowest BCUT2D eigenvalue weighted by atomic mass is 10.1. The molecule has 21 heavy (non-hydrogen) atoms. The monoisotopic (exact) mass is 289 g/mol. The number of benzene rings is 1. The van der Waals surface area contributed by atoms with Gasteiger partial charge in [-0.15, -0.1) is 0 Å². The molecule has 0 radical (unpaired) electrons. The number of amides is 2. The van der Waals surface area contributed by atoms with E-state index in [1.807, 2.05) is 4.90 Å². The van der Waals surface area contributed by atoms with Gasteiger partial charge in [0.15, 0.2) is 0 Å². The lowest BCUT2D eigenvalue weighted by molar-refractivity contribution is 0.139. The normalized spacial score (nSPS) is 16.2. The molecule has 0 atom stereocenters. The summed E-state index contributed by atoms with van der Waals surface area (Å²) in [5.41, 5.74) is 1.38. The van der Waals surface area contributed by atoms with Gasteiger partial charge in [-0.25, -0.2) is 4.79 Å². The van der Waals surface area contributed by atoms with Gasteiger partial charge in [0.2, 0.25) is 0 Å². The highest BCUT2D eigenvalue weighted by atomic mass is 16.2. The Labute approximate surface area is 128 Å². The molecular formula is C17H27N3O. The van der Waals surface area contributed by atoms with E-state index in [2.05, 4.69) is 54.4 Å². The third-order valence-electron chi connectivity index (χ3n) is 3.88. The van der Waals surface area contributed by atoms with Gasteiger partial charge in [0, 0.05) is 39.3 Å². The Morgan fingerprint density at radius 1 is 1.14 bits per heavy atom. The number of piperazine rings is 1. The molecule has 116 valence electrons. The first-order valence-electron chi connectivity index (χ1n) is 7.94. The predicted octanol–water partition coefficient (Wildman–Crippen LogP) is 2.21. The summed E-state index contributed by atoms with van der Waals surface area (Å²) in [6.07, 6.45) is 1.08. The van der Waals surface area contributed by atoms with Crippen LogP contribution in [0.5, 0.6) is 0 Å². The molecule has 2 amide bonds. The van der Waals surface area contributed by atoms with Gasteiger partial charge < -0.3 is 10.2 Å². The first-order chi connectivity index (χ1) is 10.1. The molecule has 4 heteroatoms. The molecule has 1 N–H and O–H groups in total. The first kappa shape index (κ1) is 15.8. The molecule has 1 saturated heterocycles. The zero-order valence-electron chi connectivity index (χ0n) is 13.2. The van der Waals surface area contributed by atoms with E-state index < -0.39 is 0 Å². The van der Waals surface area contributed by atoms with E-state index in [0.717, 1.165) is 45.7 Å². The van der Waals surface area contributed by atoms with E-state index in [4.69, 9.17) is 0 Å². The minimum Gasteiger partial charge on any atom is -0.338 e. The van der Waals surface area contributed by atoms with Crippen molar-refractivity contribution in [3.05, 3.63) is 35.9 Å². The maximum atomic E-state index is 12.0. The third-order valence-corrected chi connectivity index (χ3v) is 3.88. The number of nitrogens with zero attached hydrogens (tertiary/aromatic N) is 2. The molecule has 0 aliphatic carbocycles. The SMILES string of the molecule is CC(C)CNC(=O)N1CCN(CCc2ccccc2)CC1. The highest BCUT2D eigenvalue weighted by Crippen LogP contribution is 2.06. The molecular weight excluding hydrogens is 262 g/mol. The summed E-state index contributed by atoms with van der Waals surface area (Å²) in [4.78, 5) is 16.4. The highest BCUT2D eigenvalue weighted by Gasteiger charge is 2.20. The van der Waals surface area contributed by atoms with Crippen LogP contribution < -0.4 is 5.32 Å². The van der Waals surface area contributed by atoms with Crippen molar-refractivity contribution < 1.29 is 4.79 Å². The fourth-order valence-electron chi connectivity index (χ4n) is 2.51. The molecule has 1 aromatic rings. The van der Waals surface area contributed by atoms with Crippen LogP contribution in [0.1, 0.15) is 19.4 Å². The zero-order valence-corrected chi connectivity index (χ0v) is 13.2. The summed E-state index contributed by atoms with van der Waals surface area (Å²) in [6, 6.07) is 10.7. The van der Waals surface area contributed by atoms with Gasteiger partial charge in [-0.05, 0) is 17.9 Å². The number of hydrogen-bond donors (Lipinski definition) is 1. The second kappa shape index (κ2) is 8.03. The first-order valence-corrected chi connectivity index (χ1v) is 7.94. The van der Waals surface area contributed by atoms with Crippen LogP contribution in [-0.4, -0.2) is 55.1 Å². The number of carbonyl (C=O) groups excluding carboxylic acids is 1. The molecule has 1 aliphatic rings. The molecule has 0 bridgehead atoms. The number of hydrogen-bond acceptors (Lipinski definition) is 2. The molecule has 0 aromatic heterocycles. The van der Waals surface area contributed by atoms with Gasteiger partial charge in [-0.3, -0.25) is 4.90 Å². The summed E-state index contributed by atoms with van der Waals surface area (Å²) < 4.78 is 0. The average Bonchev–Trinajstić information content (AvgIpc) is 2.52. The minimum absolute atomic E-state index is 0.0893. The van der Waals surface area contributed by atoms with Crippen molar-refractivity contribution in [2.75, 3.05) is 39.3 Å². The molecule has 1 fully saturated rings. The number of urea groups is 1. The minimum atomic E-state index is 0.0893. The Balaban J connectivity index is 1.67. The average molecular weight is 289 g/mol. The van der Waals surface area contributed by atoms with Crippen LogP contribution >= 0.6 is 0 Å². The largest absolute Gasteiger partial charge is 0.338 e. The van der Waals surface area contributed by atoms with Gasteiger partial charge in [0.25, 0.3) is 0 Å². The Kier molecular flexibility index (Phi) is 6.05. The van der Waals surface area contributed by atoms with E-state index in [1.54, 1.807) is 0 Å². The van der Waals surface area contributed by atoms with Crippen LogP contribution in [0.4, 0.5) is 4.79 Å². The fourth-order valence-corrected chi connectivity index (χ4v) is 2.51. The topological polar surface area (TPSA) is 35.6 Å². The summed E-state index contributed by atoms with van der Waals surface area (Å²) in [7, 11) is 0. The Hall–Kier alpha value is -1.55. The quantitative estimate of drug-likeness (QED) is 0.902. The van der Waals surface area contributed by atoms with Crippen molar-refractivity contribution >= 4 is 6.03 Å². The van der Waals surface area contributed by atoms with Gasteiger partial charge in [0.1, 0.15) is 0 Å². The van der Waals surface area contributed by atoms with Crippen molar-refractivity contribution in [2.24, 2.45) is 5.92 Å². The smallest absolute Gasteiger partial charge is 0.317 e. The molecule has 1 aliphatic heterocycles. The lowest BCUT2D eigenvalue weighted by Crippen LogP contribution is -2.52. The van der Waals surface area contributed by atoms with Crippen LogP contribution in [0.2, 0.25) is 0 Å². The van der Waals surface area contributed by atoms with Crippen molar-refractivity contribution in [3.63, 3.8) is 0 Å². The van der Waals surface area contributed by atoms with E-state index >= 15 is 0 Å². The molecule has 2 rings (SSSR count). The van der Waals surface area contributed by atoms with Crippen molar-refractivity contribution in [3.8, 4) is 0 Å². The van der Waals surface area contributed by atoms with Gasteiger partial charge in [-0.2, -0.15) is 0 Å². The summed E-state index contributed by atoms with van der Waals surface area (Å²) in [5.74, 6) is 0.501. The third kappa shape index (κ3) is 5.38. The maximum Gasteiger partial charge on any atom is 0.317 e. The molecule has 0 spiro atoms. The number of nitrogens with one attached hydrogen (secondary N) is 1. The number of carbonyl (C=O) groups is 1. The van der Waals surface area contributed by atoms with E-state index in [9.17, 15) is 4.79 Å². The lowest BCUT2D eigenvalue weighted by Gasteiger charge is -2.34. The van der Waals surface area contributed by atoms with Crippen LogP contribution in [-0.2, 0) is 6.42 Å².